The van der Waals surface area contributed by atoms with Gasteiger partial charge in [-0.1, -0.05) is 19.1 Å². The number of ether oxygens (including phenoxy) is 2. The maximum atomic E-state index is 5.98. The molecule has 17 heavy (non-hydrogen) atoms. The molecule has 1 rings (SSSR count). The summed E-state index contributed by atoms with van der Waals surface area (Å²) in [6.07, 6.45) is 0.990. The summed E-state index contributed by atoms with van der Waals surface area (Å²) in [7, 11) is 3.62. The van der Waals surface area contributed by atoms with E-state index in [2.05, 4.69) is 19.2 Å². The third-order valence-corrected chi connectivity index (χ3v) is 3.04. The van der Waals surface area contributed by atoms with Crippen molar-refractivity contribution in [1.82, 2.24) is 5.32 Å². The average Bonchev–Trinajstić information content (AvgIpc) is 2.37. The van der Waals surface area contributed by atoms with Crippen LogP contribution in [0.5, 0.6) is 5.75 Å². The Kier molecular flexibility index (Phi) is 5.45. The molecule has 0 aliphatic carbocycles. The van der Waals surface area contributed by atoms with Crippen LogP contribution in [0.1, 0.15) is 25.8 Å². The molecule has 1 N–H and O–H groups in total. The first-order chi connectivity index (χ1) is 8.13. The van der Waals surface area contributed by atoms with Crippen molar-refractivity contribution in [3.63, 3.8) is 0 Å². The van der Waals surface area contributed by atoms with Crippen LogP contribution in [0.25, 0.3) is 0 Å². The van der Waals surface area contributed by atoms with Crippen molar-refractivity contribution in [2.24, 2.45) is 0 Å². The third kappa shape index (κ3) is 4.36. The Hall–Kier alpha value is -1.06. The van der Waals surface area contributed by atoms with E-state index in [4.69, 9.17) is 9.47 Å². The fourth-order valence-corrected chi connectivity index (χ4v) is 1.63. The molecule has 0 bridgehead atoms. The molecule has 0 aliphatic rings. The smallest absolute Gasteiger partial charge is 0.118 e. The highest BCUT2D eigenvalue weighted by Gasteiger charge is 2.21. The maximum Gasteiger partial charge on any atom is 0.118 e. The molecule has 0 aromatic heterocycles. The number of rotatable bonds is 7. The van der Waals surface area contributed by atoms with Crippen molar-refractivity contribution in [3.05, 3.63) is 29.8 Å². The maximum absolute atomic E-state index is 5.98. The minimum atomic E-state index is -0.103. The molecule has 1 aromatic carbocycles. The van der Waals surface area contributed by atoms with Gasteiger partial charge in [0.05, 0.1) is 19.3 Å². The lowest BCUT2D eigenvalue weighted by Crippen LogP contribution is -2.38. The first-order valence-electron chi connectivity index (χ1n) is 6.05. The van der Waals surface area contributed by atoms with Gasteiger partial charge in [0.2, 0.25) is 0 Å². The Bertz CT molecular complexity index is 323. The van der Waals surface area contributed by atoms with Crippen LogP contribution in [0.15, 0.2) is 24.3 Å². The first kappa shape index (κ1) is 14.0. The van der Waals surface area contributed by atoms with E-state index in [-0.39, 0.29) is 5.60 Å². The van der Waals surface area contributed by atoms with Gasteiger partial charge in [0.25, 0.3) is 0 Å². The molecule has 0 saturated carbocycles. The average molecular weight is 237 g/mol. The minimum Gasteiger partial charge on any atom is -0.497 e. The molecule has 0 amide bonds. The molecule has 0 spiro atoms. The van der Waals surface area contributed by atoms with Gasteiger partial charge < -0.3 is 14.8 Å². The lowest BCUT2D eigenvalue weighted by atomic mass is 10.0. The van der Waals surface area contributed by atoms with Crippen molar-refractivity contribution >= 4 is 0 Å². The summed E-state index contributed by atoms with van der Waals surface area (Å²) >= 11 is 0. The van der Waals surface area contributed by atoms with Crippen LogP contribution in [0.3, 0.4) is 0 Å². The second-order valence-electron chi connectivity index (χ2n) is 4.47. The normalized spacial score (nSPS) is 14.4. The van der Waals surface area contributed by atoms with Crippen LogP contribution in [-0.2, 0) is 11.3 Å². The topological polar surface area (TPSA) is 30.5 Å². The van der Waals surface area contributed by atoms with Crippen LogP contribution < -0.4 is 10.1 Å². The van der Waals surface area contributed by atoms with Gasteiger partial charge in [-0.2, -0.15) is 0 Å². The van der Waals surface area contributed by atoms with Crippen molar-refractivity contribution in [2.45, 2.75) is 32.5 Å². The van der Waals surface area contributed by atoms with E-state index >= 15 is 0 Å². The summed E-state index contributed by atoms with van der Waals surface area (Å²) < 4.78 is 11.1. The monoisotopic (exact) mass is 237 g/mol. The van der Waals surface area contributed by atoms with Crippen molar-refractivity contribution in [3.8, 4) is 5.75 Å². The molecule has 96 valence electrons. The number of nitrogens with one attached hydrogen (secondary N) is 1. The standard InChI is InChI=1S/C14H23NO2/c1-5-14(2,11-15-3)17-10-12-6-8-13(16-4)9-7-12/h6-9,15H,5,10-11H2,1-4H3. The number of hydrogen-bond donors (Lipinski definition) is 1. The van der Waals surface area contributed by atoms with E-state index in [1.54, 1.807) is 7.11 Å². The fourth-order valence-electron chi connectivity index (χ4n) is 1.63. The lowest BCUT2D eigenvalue weighted by molar-refractivity contribution is -0.0432. The van der Waals surface area contributed by atoms with Crippen LogP contribution in [0, 0.1) is 0 Å². The molecular weight excluding hydrogens is 214 g/mol. The van der Waals surface area contributed by atoms with Gasteiger partial charge in [0.15, 0.2) is 0 Å². The molecule has 1 atom stereocenters. The molecule has 0 fully saturated rings. The Labute approximate surface area is 104 Å². The van der Waals surface area contributed by atoms with E-state index in [0.29, 0.717) is 6.61 Å². The summed E-state index contributed by atoms with van der Waals surface area (Å²) in [5.41, 5.74) is 1.07. The predicted octanol–water partition coefficient (Wildman–Crippen LogP) is 2.60. The minimum absolute atomic E-state index is 0.103. The highest BCUT2D eigenvalue weighted by atomic mass is 16.5. The number of likely N-dealkylation sites (N-methyl/N-ethyl adjacent to an activating group) is 1. The fraction of sp³-hybridized carbons (Fsp3) is 0.571. The van der Waals surface area contributed by atoms with Crippen LogP contribution in [0.2, 0.25) is 0 Å². The highest BCUT2D eigenvalue weighted by molar-refractivity contribution is 5.26. The molecule has 0 aliphatic heterocycles. The van der Waals surface area contributed by atoms with E-state index in [9.17, 15) is 0 Å². The lowest BCUT2D eigenvalue weighted by Gasteiger charge is -2.28. The Morgan fingerprint density at radius 1 is 1.24 bits per heavy atom. The SMILES string of the molecule is CCC(C)(CNC)OCc1ccc(OC)cc1. The number of hydrogen-bond acceptors (Lipinski definition) is 3. The molecule has 1 aromatic rings. The Morgan fingerprint density at radius 2 is 1.88 bits per heavy atom. The van der Waals surface area contributed by atoms with Crippen LogP contribution >= 0.6 is 0 Å². The van der Waals surface area contributed by atoms with Crippen LogP contribution in [-0.4, -0.2) is 26.3 Å². The largest absolute Gasteiger partial charge is 0.497 e. The van der Waals surface area contributed by atoms with Gasteiger partial charge in [0, 0.05) is 6.54 Å². The first-order valence-corrected chi connectivity index (χ1v) is 6.05. The molecule has 0 radical (unpaired) electrons. The second kappa shape index (κ2) is 6.62. The van der Waals surface area contributed by atoms with Gasteiger partial charge in [-0.25, -0.2) is 0 Å². The second-order valence-corrected chi connectivity index (χ2v) is 4.47. The molecule has 3 heteroatoms. The summed E-state index contributed by atoms with van der Waals surface area (Å²) in [5, 5.41) is 3.17. The number of benzene rings is 1. The summed E-state index contributed by atoms with van der Waals surface area (Å²) in [6, 6.07) is 7.99. The van der Waals surface area contributed by atoms with E-state index in [1.807, 2.05) is 31.3 Å². The van der Waals surface area contributed by atoms with E-state index < -0.39 is 0 Å². The summed E-state index contributed by atoms with van der Waals surface area (Å²) in [4.78, 5) is 0. The predicted molar refractivity (Wildman–Crippen MR) is 70.4 cm³/mol. The molecule has 0 heterocycles. The Morgan fingerprint density at radius 3 is 2.35 bits per heavy atom. The van der Waals surface area contributed by atoms with Gasteiger partial charge in [0.1, 0.15) is 5.75 Å². The summed E-state index contributed by atoms with van der Waals surface area (Å²) in [6.45, 7) is 5.77. The highest BCUT2D eigenvalue weighted by Crippen LogP contribution is 2.18. The van der Waals surface area contributed by atoms with Crippen molar-refractivity contribution in [2.75, 3.05) is 20.7 Å². The quantitative estimate of drug-likeness (QED) is 0.790. The van der Waals surface area contributed by atoms with Gasteiger partial charge >= 0.3 is 0 Å². The van der Waals surface area contributed by atoms with Crippen molar-refractivity contribution < 1.29 is 9.47 Å². The zero-order chi connectivity index (χ0) is 12.7. The molecule has 1 unspecified atom stereocenters. The van der Waals surface area contributed by atoms with Gasteiger partial charge in [-0.05, 0) is 38.1 Å². The Balaban J connectivity index is 2.53. The van der Waals surface area contributed by atoms with E-state index in [1.165, 1.54) is 5.56 Å². The molecule has 0 saturated heterocycles. The number of methoxy groups -OCH3 is 1. The zero-order valence-electron chi connectivity index (χ0n) is 11.2. The van der Waals surface area contributed by atoms with Crippen LogP contribution in [0.4, 0.5) is 0 Å². The molecular formula is C14H23NO2. The van der Waals surface area contributed by atoms with E-state index in [0.717, 1.165) is 18.7 Å². The van der Waals surface area contributed by atoms with Gasteiger partial charge in [-0.3, -0.25) is 0 Å². The van der Waals surface area contributed by atoms with Crippen molar-refractivity contribution in [1.29, 1.82) is 0 Å². The zero-order valence-corrected chi connectivity index (χ0v) is 11.2. The summed E-state index contributed by atoms with van der Waals surface area (Å²) in [5.74, 6) is 0.877. The molecule has 3 nitrogen and oxygen atoms in total. The third-order valence-electron chi connectivity index (χ3n) is 3.04. The van der Waals surface area contributed by atoms with Gasteiger partial charge in [-0.15, -0.1) is 0 Å².